The highest BCUT2D eigenvalue weighted by Crippen LogP contribution is 2.25. The van der Waals surface area contributed by atoms with Crippen molar-refractivity contribution in [3.05, 3.63) is 66.2 Å². The standard InChI is InChI=1S/C21H22N2O4S/c1-15(24)23(28(25,26)20-8-4-7-18(22)13-20)12-11-17-6-3-5-16-9-10-19(27-2)14-21(16)17/h3-10,13-14H,11-12,22H2,1-2H3. The first-order valence-corrected chi connectivity index (χ1v) is 10.2. The average Bonchev–Trinajstić information content (AvgIpc) is 2.67. The summed E-state index contributed by atoms with van der Waals surface area (Å²) in [6, 6.07) is 17.5. The molecule has 0 atom stereocenters. The van der Waals surface area contributed by atoms with E-state index in [1.165, 1.54) is 19.1 Å². The Morgan fingerprint density at radius 2 is 1.82 bits per heavy atom. The second kappa shape index (κ2) is 7.90. The molecule has 0 spiro atoms. The van der Waals surface area contributed by atoms with Crippen molar-refractivity contribution < 1.29 is 17.9 Å². The molecular weight excluding hydrogens is 376 g/mol. The summed E-state index contributed by atoms with van der Waals surface area (Å²) >= 11 is 0. The number of fused-ring (bicyclic) bond motifs is 1. The van der Waals surface area contributed by atoms with Crippen molar-refractivity contribution in [1.29, 1.82) is 0 Å². The number of nitrogen functional groups attached to an aromatic ring is 1. The van der Waals surface area contributed by atoms with Crippen LogP contribution in [0.25, 0.3) is 10.8 Å². The van der Waals surface area contributed by atoms with Crippen molar-refractivity contribution in [3.8, 4) is 5.75 Å². The number of hydrogen-bond donors (Lipinski definition) is 1. The predicted molar refractivity (Wildman–Crippen MR) is 110 cm³/mol. The SMILES string of the molecule is COc1ccc2cccc(CCN(C(C)=O)S(=O)(=O)c3cccc(N)c3)c2c1. The number of amides is 1. The minimum Gasteiger partial charge on any atom is -0.497 e. The fourth-order valence-corrected chi connectivity index (χ4v) is 4.59. The van der Waals surface area contributed by atoms with Gasteiger partial charge in [0.25, 0.3) is 10.0 Å². The monoisotopic (exact) mass is 398 g/mol. The number of benzene rings is 3. The fraction of sp³-hybridized carbons (Fsp3) is 0.190. The second-order valence-electron chi connectivity index (χ2n) is 6.42. The lowest BCUT2D eigenvalue weighted by Gasteiger charge is -2.21. The van der Waals surface area contributed by atoms with E-state index in [2.05, 4.69) is 0 Å². The van der Waals surface area contributed by atoms with Crippen LogP contribution in [0.4, 0.5) is 5.69 Å². The van der Waals surface area contributed by atoms with E-state index in [1.807, 2.05) is 36.4 Å². The van der Waals surface area contributed by atoms with Gasteiger partial charge in [-0.2, -0.15) is 0 Å². The van der Waals surface area contributed by atoms with E-state index < -0.39 is 15.9 Å². The van der Waals surface area contributed by atoms with Gasteiger partial charge in [0.2, 0.25) is 5.91 Å². The van der Waals surface area contributed by atoms with Crippen LogP contribution in [-0.4, -0.2) is 32.3 Å². The van der Waals surface area contributed by atoms with Crippen LogP contribution in [0.1, 0.15) is 12.5 Å². The van der Waals surface area contributed by atoms with Gasteiger partial charge in [-0.3, -0.25) is 4.79 Å². The summed E-state index contributed by atoms with van der Waals surface area (Å²) < 4.78 is 32.1. The quantitative estimate of drug-likeness (QED) is 0.644. The van der Waals surface area contributed by atoms with Crippen LogP contribution < -0.4 is 10.5 Å². The van der Waals surface area contributed by atoms with Crippen LogP contribution in [-0.2, 0) is 21.2 Å². The minimum absolute atomic E-state index is 0.00212. The van der Waals surface area contributed by atoms with E-state index >= 15 is 0 Å². The van der Waals surface area contributed by atoms with Crippen LogP contribution in [0.3, 0.4) is 0 Å². The summed E-state index contributed by atoms with van der Waals surface area (Å²) in [7, 11) is -2.38. The number of carbonyl (C=O) groups excluding carboxylic acids is 1. The first-order valence-electron chi connectivity index (χ1n) is 8.77. The fourth-order valence-electron chi connectivity index (χ4n) is 3.13. The highest BCUT2D eigenvalue weighted by molar-refractivity contribution is 7.89. The van der Waals surface area contributed by atoms with Crippen LogP contribution in [0, 0.1) is 0 Å². The van der Waals surface area contributed by atoms with E-state index in [-0.39, 0.29) is 11.4 Å². The number of ether oxygens (including phenoxy) is 1. The molecule has 0 saturated carbocycles. The molecule has 6 nitrogen and oxygen atoms in total. The number of nitrogens with two attached hydrogens (primary N) is 1. The van der Waals surface area contributed by atoms with Crippen molar-refractivity contribution in [2.75, 3.05) is 19.4 Å². The van der Waals surface area contributed by atoms with Gasteiger partial charge < -0.3 is 10.5 Å². The maximum absolute atomic E-state index is 12.9. The third kappa shape index (κ3) is 3.94. The molecule has 2 N–H and O–H groups in total. The number of hydrogen-bond acceptors (Lipinski definition) is 5. The molecular formula is C21H22N2O4S. The third-order valence-corrected chi connectivity index (χ3v) is 6.43. The molecule has 0 aliphatic heterocycles. The lowest BCUT2D eigenvalue weighted by Crippen LogP contribution is -2.36. The molecule has 0 aliphatic carbocycles. The van der Waals surface area contributed by atoms with E-state index in [0.29, 0.717) is 12.1 Å². The van der Waals surface area contributed by atoms with Gasteiger partial charge in [-0.25, -0.2) is 12.7 Å². The lowest BCUT2D eigenvalue weighted by molar-refractivity contribution is -0.124. The molecule has 7 heteroatoms. The van der Waals surface area contributed by atoms with Crippen molar-refractivity contribution in [1.82, 2.24) is 4.31 Å². The Morgan fingerprint density at radius 1 is 1.07 bits per heavy atom. The maximum Gasteiger partial charge on any atom is 0.266 e. The third-order valence-electron chi connectivity index (χ3n) is 4.56. The summed E-state index contributed by atoms with van der Waals surface area (Å²) in [5, 5.41) is 1.98. The van der Waals surface area contributed by atoms with E-state index in [1.54, 1.807) is 19.2 Å². The molecule has 146 valence electrons. The normalized spacial score (nSPS) is 11.4. The van der Waals surface area contributed by atoms with E-state index in [4.69, 9.17) is 10.5 Å². The number of carbonyl (C=O) groups is 1. The van der Waals surface area contributed by atoms with E-state index in [9.17, 15) is 13.2 Å². The topological polar surface area (TPSA) is 89.7 Å². The number of methoxy groups -OCH3 is 1. The Balaban J connectivity index is 1.93. The maximum atomic E-state index is 12.9. The lowest BCUT2D eigenvalue weighted by atomic mass is 10.0. The molecule has 0 radical (unpaired) electrons. The molecule has 3 rings (SSSR count). The van der Waals surface area contributed by atoms with Gasteiger partial charge in [0, 0.05) is 19.2 Å². The van der Waals surface area contributed by atoms with Crippen LogP contribution in [0.5, 0.6) is 5.75 Å². The van der Waals surface area contributed by atoms with Crippen LogP contribution in [0.2, 0.25) is 0 Å². The molecule has 28 heavy (non-hydrogen) atoms. The Hall–Kier alpha value is -3.06. The van der Waals surface area contributed by atoms with Gasteiger partial charge in [-0.05, 0) is 53.1 Å². The van der Waals surface area contributed by atoms with Gasteiger partial charge in [-0.15, -0.1) is 0 Å². The first kappa shape index (κ1) is 19.7. The Bertz CT molecular complexity index is 1130. The summed E-state index contributed by atoms with van der Waals surface area (Å²) in [6.45, 7) is 1.28. The molecule has 3 aromatic carbocycles. The van der Waals surface area contributed by atoms with E-state index in [0.717, 1.165) is 26.4 Å². The molecule has 0 heterocycles. The average molecular weight is 398 g/mol. The first-order chi connectivity index (χ1) is 13.3. The highest BCUT2D eigenvalue weighted by atomic mass is 32.2. The van der Waals surface area contributed by atoms with Crippen LogP contribution in [0.15, 0.2) is 65.6 Å². The zero-order valence-corrected chi connectivity index (χ0v) is 16.6. The molecule has 0 fully saturated rings. The Labute approximate surface area is 164 Å². The number of rotatable bonds is 6. The molecule has 3 aromatic rings. The molecule has 0 unspecified atom stereocenters. The summed E-state index contributed by atoms with van der Waals surface area (Å²) in [5.41, 5.74) is 6.97. The second-order valence-corrected chi connectivity index (χ2v) is 8.29. The zero-order valence-electron chi connectivity index (χ0n) is 15.8. The van der Waals surface area contributed by atoms with Crippen LogP contribution >= 0.6 is 0 Å². The number of nitrogens with zero attached hydrogens (tertiary/aromatic N) is 1. The van der Waals surface area contributed by atoms with Crippen molar-refractivity contribution >= 4 is 32.4 Å². The Morgan fingerprint density at radius 3 is 2.50 bits per heavy atom. The molecule has 0 aliphatic rings. The van der Waals surface area contributed by atoms with Gasteiger partial charge in [0.15, 0.2) is 0 Å². The van der Waals surface area contributed by atoms with Gasteiger partial charge >= 0.3 is 0 Å². The largest absolute Gasteiger partial charge is 0.497 e. The highest BCUT2D eigenvalue weighted by Gasteiger charge is 2.27. The summed E-state index contributed by atoms with van der Waals surface area (Å²) in [6.07, 6.45) is 0.381. The van der Waals surface area contributed by atoms with Gasteiger partial charge in [0.05, 0.1) is 12.0 Å². The smallest absolute Gasteiger partial charge is 0.266 e. The predicted octanol–water partition coefficient (Wildman–Crippen LogP) is 3.21. The van der Waals surface area contributed by atoms with Crippen molar-refractivity contribution in [3.63, 3.8) is 0 Å². The molecule has 0 saturated heterocycles. The summed E-state index contributed by atoms with van der Waals surface area (Å²) in [5.74, 6) is 0.177. The van der Waals surface area contributed by atoms with Gasteiger partial charge in [-0.1, -0.05) is 30.3 Å². The number of sulfonamides is 1. The molecule has 0 bridgehead atoms. The summed E-state index contributed by atoms with van der Waals surface area (Å²) in [4.78, 5) is 12.1. The van der Waals surface area contributed by atoms with Gasteiger partial charge in [0.1, 0.15) is 5.75 Å². The molecule has 1 amide bonds. The zero-order chi connectivity index (χ0) is 20.3. The molecule has 0 aromatic heterocycles. The van der Waals surface area contributed by atoms with Crippen molar-refractivity contribution in [2.24, 2.45) is 0 Å². The number of anilines is 1. The Kier molecular flexibility index (Phi) is 5.56. The van der Waals surface area contributed by atoms with Crippen molar-refractivity contribution in [2.45, 2.75) is 18.2 Å². The minimum atomic E-state index is -3.98.